The molecule has 9 nitrogen and oxygen atoms in total. The van der Waals surface area contributed by atoms with Crippen LogP contribution in [0, 0.1) is 0 Å². The van der Waals surface area contributed by atoms with E-state index < -0.39 is 18.1 Å². The summed E-state index contributed by atoms with van der Waals surface area (Å²) in [7, 11) is 0. The first-order chi connectivity index (χ1) is 18.9. The molecule has 202 valence electrons. The number of nitrogens with zero attached hydrogens (tertiary/aromatic N) is 1. The highest BCUT2D eigenvalue weighted by Gasteiger charge is 2.36. The molecule has 1 atom stereocenters. The maximum absolute atomic E-state index is 13.3. The van der Waals surface area contributed by atoms with Crippen molar-refractivity contribution in [3.63, 3.8) is 0 Å². The van der Waals surface area contributed by atoms with Crippen LogP contribution in [-0.2, 0) is 9.47 Å². The van der Waals surface area contributed by atoms with Crippen LogP contribution < -0.4 is 10.6 Å². The Balaban J connectivity index is 1.52. The van der Waals surface area contributed by atoms with Crippen LogP contribution in [0.4, 0.5) is 11.4 Å². The Morgan fingerprint density at radius 3 is 1.85 bits per heavy atom. The third kappa shape index (κ3) is 6.09. The van der Waals surface area contributed by atoms with Crippen molar-refractivity contribution in [1.29, 1.82) is 0 Å². The maximum atomic E-state index is 13.3. The van der Waals surface area contributed by atoms with E-state index in [2.05, 4.69) is 10.6 Å². The van der Waals surface area contributed by atoms with Crippen molar-refractivity contribution in [3.8, 4) is 0 Å². The van der Waals surface area contributed by atoms with Gasteiger partial charge in [-0.05, 0) is 80.9 Å². The molecule has 0 saturated carbocycles. The van der Waals surface area contributed by atoms with Crippen LogP contribution in [-0.4, -0.2) is 48.4 Å². The van der Waals surface area contributed by atoms with Crippen LogP contribution in [0.2, 0.25) is 0 Å². The maximum Gasteiger partial charge on any atom is 0.338 e. The summed E-state index contributed by atoms with van der Waals surface area (Å²) in [5.41, 5.74) is 3.64. The first-order valence-electron chi connectivity index (χ1n) is 12.9. The van der Waals surface area contributed by atoms with Gasteiger partial charge in [0.1, 0.15) is 6.17 Å². The predicted molar refractivity (Wildman–Crippen MR) is 147 cm³/mol. The Hall–Kier alpha value is -4.66. The van der Waals surface area contributed by atoms with Gasteiger partial charge in [0.2, 0.25) is 0 Å². The van der Waals surface area contributed by atoms with Crippen molar-refractivity contribution in [2.75, 3.05) is 30.4 Å². The van der Waals surface area contributed by atoms with E-state index in [4.69, 9.17) is 9.47 Å². The van der Waals surface area contributed by atoms with Gasteiger partial charge in [0, 0.05) is 34.6 Å². The molecule has 3 aromatic carbocycles. The second-order valence-electron chi connectivity index (χ2n) is 8.90. The van der Waals surface area contributed by atoms with Crippen molar-refractivity contribution < 1.29 is 28.7 Å². The largest absolute Gasteiger partial charge is 0.462 e. The summed E-state index contributed by atoms with van der Waals surface area (Å²) in [6.07, 6.45) is 0.336. The number of hydrogen-bond donors (Lipinski definition) is 2. The molecule has 9 heteroatoms. The molecule has 2 N–H and O–H groups in total. The van der Waals surface area contributed by atoms with Crippen molar-refractivity contribution in [3.05, 3.63) is 94.5 Å². The Morgan fingerprint density at radius 1 is 0.769 bits per heavy atom. The van der Waals surface area contributed by atoms with Gasteiger partial charge in [0.15, 0.2) is 0 Å². The minimum absolute atomic E-state index is 0.166. The van der Waals surface area contributed by atoms with Gasteiger partial charge in [-0.1, -0.05) is 13.0 Å². The Morgan fingerprint density at radius 2 is 1.31 bits per heavy atom. The number of anilines is 2. The Bertz CT molecular complexity index is 1370. The Labute approximate surface area is 227 Å². The van der Waals surface area contributed by atoms with E-state index in [1.54, 1.807) is 85.5 Å². The number of rotatable bonds is 10. The molecule has 3 aromatic rings. The van der Waals surface area contributed by atoms with Crippen molar-refractivity contribution in [2.45, 2.75) is 33.4 Å². The Kier molecular flexibility index (Phi) is 8.60. The topological polar surface area (TPSA) is 114 Å². The highest BCUT2D eigenvalue weighted by molar-refractivity contribution is 6.07. The minimum Gasteiger partial charge on any atom is -0.462 e. The van der Waals surface area contributed by atoms with Gasteiger partial charge >= 0.3 is 11.9 Å². The molecule has 0 saturated heterocycles. The first kappa shape index (κ1) is 27.4. The number of esters is 2. The molecule has 0 aliphatic carbocycles. The number of nitrogens with one attached hydrogen (secondary N) is 2. The number of amides is 2. The van der Waals surface area contributed by atoms with Crippen LogP contribution in [0.3, 0.4) is 0 Å². The van der Waals surface area contributed by atoms with Crippen LogP contribution >= 0.6 is 0 Å². The summed E-state index contributed by atoms with van der Waals surface area (Å²) in [5.74, 6) is -1.36. The van der Waals surface area contributed by atoms with Crippen molar-refractivity contribution >= 4 is 35.1 Å². The molecule has 2 amide bonds. The molecule has 0 unspecified atom stereocenters. The average Bonchev–Trinajstić information content (AvgIpc) is 3.19. The zero-order chi connectivity index (χ0) is 27.9. The molecule has 1 heterocycles. The van der Waals surface area contributed by atoms with Gasteiger partial charge in [0.25, 0.3) is 11.8 Å². The lowest BCUT2D eigenvalue weighted by molar-refractivity contribution is 0.0517. The lowest BCUT2D eigenvalue weighted by Crippen LogP contribution is -2.32. The van der Waals surface area contributed by atoms with E-state index in [-0.39, 0.29) is 18.4 Å². The van der Waals surface area contributed by atoms with Gasteiger partial charge in [-0.3, -0.25) is 9.59 Å². The standard InChI is InChI=1S/C30H31N3O6/c1-4-17-33-26(31-22-12-7-19(8-13-22)29(36)38-5-2)24-16-11-21(18-25(24)28(33)35)27(34)32-23-14-9-20(10-15-23)30(37)39-6-3/h7-16,18,26,31H,4-6,17H2,1-3H3,(H,32,34)/t26-/m0/s1. The number of carbonyl (C=O) groups is 4. The number of fused-ring (bicyclic) bond motifs is 1. The van der Waals surface area contributed by atoms with Crippen LogP contribution in [0.5, 0.6) is 0 Å². The lowest BCUT2D eigenvalue weighted by Gasteiger charge is -2.26. The molecule has 1 aliphatic heterocycles. The summed E-state index contributed by atoms with van der Waals surface area (Å²) >= 11 is 0. The van der Waals surface area contributed by atoms with Crippen LogP contribution in [0.1, 0.15) is 80.4 Å². The number of benzene rings is 3. The second-order valence-corrected chi connectivity index (χ2v) is 8.90. The smallest absolute Gasteiger partial charge is 0.338 e. The zero-order valence-corrected chi connectivity index (χ0v) is 22.2. The van der Waals surface area contributed by atoms with E-state index in [9.17, 15) is 19.2 Å². The third-order valence-electron chi connectivity index (χ3n) is 6.23. The fourth-order valence-corrected chi connectivity index (χ4v) is 4.37. The molecule has 0 fully saturated rings. The van der Waals surface area contributed by atoms with Gasteiger partial charge < -0.3 is 25.0 Å². The van der Waals surface area contributed by atoms with E-state index in [1.807, 2.05) is 6.92 Å². The predicted octanol–water partition coefficient (Wildman–Crippen LogP) is 5.27. The summed E-state index contributed by atoms with van der Waals surface area (Å²) < 4.78 is 10.0. The fourth-order valence-electron chi connectivity index (χ4n) is 4.37. The quantitative estimate of drug-likeness (QED) is 0.344. The van der Waals surface area contributed by atoms with Crippen LogP contribution in [0.25, 0.3) is 0 Å². The molecule has 0 aromatic heterocycles. The van der Waals surface area contributed by atoms with Gasteiger partial charge in [-0.25, -0.2) is 9.59 Å². The van der Waals surface area contributed by atoms with E-state index >= 15 is 0 Å². The molecule has 0 spiro atoms. The zero-order valence-electron chi connectivity index (χ0n) is 22.2. The first-order valence-corrected chi connectivity index (χ1v) is 12.9. The number of ether oxygens (including phenoxy) is 2. The fraction of sp³-hybridized carbons (Fsp3) is 0.267. The van der Waals surface area contributed by atoms with Gasteiger partial charge in [0.05, 0.1) is 24.3 Å². The summed E-state index contributed by atoms with van der Waals surface area (Å²) in [6, 6.07) is 18.4. The molecule has 1 aliphatic rings. The second kappa shape index (κ2) is 12.3. The monoisotopic (exact) mass is 529 g/mol. The average molecular weight is 530 g/mol. The summed E-state index contributed by atoms with van der Waals surface area (Å²) in [4.78, 5) is 51.9. The molecule has 39 heavy (non-hydrogen) atoms. The summed E-state index contributed by atoms with van der Waals surface area (Å²) in [6.45, 7) is 6.59. The number of carbonyl (C=O) groups excluding carboxylic acids is 4. The third-order valence-corrected chi connectivity index (χ3v) is 6.23. The minimum atomic E-state index is -0.428. The van der Waals surface area contributed by atoms with Crippen molar-refractivity contribution in [2.24, 2.45) is 0 Å². The highest BCUT2D eigenvalue weighted by atomic mass is 16.5. The van der Waals surface area contributed by atoms with Crippen molar-refractivity contribution in [1.82, 2.24) is 4.90 Å². The van der Waals surface area contributed by atoms with E-state index in [0.717, 1.165) is 17.7 Å². The van der Waals surface area contributed by atoms with Crippen LogP contribution in [0.15, 0.2) is 66.7 Å². The molecule has 0 radical (unpaired) electrons. The molecular formula is C30H31N3O6. The summed E-state index contributed by atoms with van der Waals surface area (Å²) in [5, 5.41) is 6.19. The van der Waals surface area contributed by atoms with Gasteiger partial charge in [-0.15, -0.1) is 0 Å². The highest BCUT2D eigenvalue weighted by Crippen LogP contribution is 2.35. The molecule has 4 rings (SSSR count). The normalized spacial score (nSPS) is 14.0. The number of hydrogen-bond acceptors (Lipinski definition) is 7. The van der Waals surface area contributed by atoms with E-state index in [1.165, 1.54) is 0 Å². The van der Waals surface area contributed by atoms with E-state index in [0.29, 0.717) is 41.1 Å². The lowest BCUT2D eigenvalue weighted by atomic mass is 10.0. The van der Waals surface area contributed by atoms with Gasteiger partial charge in [-0.2, -0.15) is 0 Å². The molecule has 0 bridgehead atoms. The SMILES string of the molecule is CCCN1C(=O)c2cc(C(=O)Nc3ccc(C(=O)OCC)cc3)ccc2[C@H]1Nc1ccc(C(=O)OCC)cc1. The molecular weight excluding hydrogens is 498 g/mol.